The van der Waals surface area contributed by atoms with E-state index in [4.69, 9.17) is 5.11 Å². The van der Waals surface area contributed by atoms with Gasteiger partial charge in [0.2, 0.25) is 0 Å². The number of rotatable bonds is 6. The minimum Gasteiger partial charge on any atom is -0.406 e. The monoisotopic (exact) mass is 275 g/mol. The van der Waals surface area contributed by atoms with Gasteiger partial charge in [0.05, 0.1) is 6.61 Å². The van der Waals surface area contributed by atoms with Crippen molar-refractivity contribution in [3.63, 3.8) is 0 Å². The Morgan fingerprint density at radius 2 is 2.05 bits per heavy atom. The van der Waals surface area contributed by atoms with Gasteiger partial charge >= 0.3 is 6.36 Å². The molecule has 0 amide bonds. The van der Waals surface area contributed by atoms with Crippen LogP contribution in [0.5, 0.6) is 5.75 Å². The lowest BCUT2D eigenvalue weighted by Crippen LogP contribution is -2.28. The van der Waals surface area contributed by atoms with Crippen molar-refractivity contribution in [2.24, 2.45) is 0 Å². The summed E-state index contributed by atoms with van der Waals surface area (Å²) in [5.41, 5.74) is 0.752. The predicted octanol–water partition coefficient (Wildman–Crippen LogP) is 2.54. The molecule has 0 saturated heterocycles. The minimum absolute atomic E-state index is 0.0508. The van der Waals surface area contributed by atoms with Gasteiger partial charge in [-0.15, -0.1) is 13.2 Å². The van der Waals surface area contributed by atoms with Crippen LogP contribution in [0.1, 0.15) is 18.4 Å². The third-order valence-electron chi connectivity index (χ3n) is 2.97. The molecule has 0 heterocycles. The third-order valence-corrected chi connectivity index (χ3v) is 2.97. The zero-order chi connectivity index (χ0) is 13.9. The summed E-state index contributed by atoms with van der Waals surface area (Å²) in [7, 11) is 0. The molecule has 6 heteroatoms. The van der Waals surface area contributed by atoms with Crippen LogP contribution in [0, 0.1) is 0 Å². The molecule has 0 unspecified atom stereocenters. The molecule has 1 aromatic rings. The molecule has 2 rings (SSSR count). The number of aliphatic hydroxyl groups excluding tert-OH is 1. The quantitative estimate of drug-likeness (QED) is 0.866. The van der Waals surface area contributed by atoms with E-state index in [2.05, 4.69) is 9.64 Å². The minimum atomic E-state index is -4.67. The lowest BCUT2D eigenvalue weighted by atomic mass is 10.2. The van der Waals surface area contributed by atoms with Crippen LogP contribution in [-0.2, 0) is 6.54 Å². The van der Waals surface area contributed by atoms with Crippen LogP contribution in [-0.4, -0.2) is 35.6 Å². The van der Waals surface area contributed by atoms with Crippen molar-refractivity contribution in [1.29, 1.82) is 0 Å². The zero-order valence-corrected chi connectivity index (χ0v) is 10.4. The highest BCUT2D eigenvalue weighted by Crippen LogP contribution is 2.29. The third kappa shape index (κ3) is 4.72. The Kier molecular flexibility index (Phi) is 4.31. The number of benzene rings is 1. The van der Waals surface area contributed by atoms with Crippen LogP contribution in [0.25, 0.3) is 0 Å². The lowest BCUT2D eigenvalue weighted by Gasteiger charge is -2.21. The highest BCUT2D eigenvalue weighted by atomic mass is 19.4. The van der Waals surface area contributed by atoms with E-state index in [1.165, 1.54) is 12.1 Å². The molecule has 1 N–H and O–H groups in total. The molecule has 3 nitrogen and oxygen atoms in total. The fourth-order valence-corrected chi connectivity index (χ4v) is 2.03. The molecular formula is C13H16F3NO2. The first-order chi connectivity index (χ1) is 8.98. The van der Waals surface area contributed by atoms with Gasteiger partial charge in [0, 0.05) is 19.1 Å². The molecule has 1 fully saturated rings. The van der Waals surface area contributed by atoms with E-state index < -0.39 is 6.36 Å². The molecule has 0 atom stereocenters. The Labute approximate surface area is 109 Å². The first-order valence-electron chi connectivity index (χ1n) is 6.17. The Hall–Kier alpha value is -1.27. The van der Waals surface area contributed by atoms with Crippen LogP contribution < -0.4 is 4.74 Å². The number of halogens is 3. The van der Waals surface area contributed by atoms with E-state index in [9.17, 15) is 13.2 Å². The first kappa shape index (κ1) is 14.1. The van der Waals surface area contributed by atoms with Crippen LogP contribution in [0.3, 0.4) is 0 Å². The maximum absolute atomic E-state index is 12.1. The number of aliphatic hydroxyl groups is 1. The van der Waals surface area contributed by atoms with Crippen LogP contribution >= 0.6 is 0 Å². The van der Waals surface area contributed by atoms with Gasteiger partial charge in [-0.05, 0) is 30.5 Å². The Morgan fingerprint density at radius 3 is 2.63 bits per heavy atom. The summed E-state index contributed by atoms with van der Waals surface area (Å²) in [5, 5.41) is 8.98. The highest BCUT2D eigenvalue weighted by Gasteiger charge is 2.31. The molecule has 0 aromatic heterocycles. The first-order valence-corrected chi connectivity index (χ1v) is 6.17. The summed E-state index contributed by atoms with van der Waals surface area (Å²) in [6, 6.07) is 6.42. The summed E-state index contributed by atoms with van der Waals surface area (Å²) in [6.45, 7) is 1.12. The maximum Gasteiger partial charge on any atom is 0.573 e. The van der Waals surface area contributed by atoms with Crippen molar-refractivity contribution in [3.05, 3.63) is 29.8 Å². The zero-order valence-electron chi connectivity index (χ0n) is 10.4. The smallest absolute Gasteiger partial charge is 0.406 e. The highest BCUT2D eigenvalue weighted by molar-refractivity contribution is 5.28. The van der Waals surface area contributed by atoms with E-state index >= 15 is 0 Å². The topological polar surface area (TPSA) is 32.7 Å². The van der Waals surface area contributed by atoms with Crippen LogP contribution in [0.15, 0.2) is 24.3 Å². The van der Waals surface area contributed by atoms with Crippen molar-refractivity contribution in [3.8, 4) is 5.75 Å². The van der Waals surface area contributed by atoms with Crippen LogP contribution in [0.4, 0.5) is 13.2 Å². The number of ether oxygens (including phenoxy) is 1. The average molecular weight is 275 g/mol. The van der Waals surface area contributed by atoms with Gasteiger partial charge in [0.1, 0.15) is 5.75 Å². The molecule has 0 aliphatic heterocycles. The molecule has 19 heavy (non-hydrogen) atoms. The van der Waals surface area contributed by atoms with Gasteiger partial charge in [-0.3, -0.25) is 4.90 Å². The number of alkyl halides is 3. The summed E-state index contributed by atoms with van der Waals surface area (Å²) in [4.78, 5) is 2.08. The van der Waals surface area contributed by atoms with Crippen molar-refractivity contribution in [1.82, 2.24) is 4.90 Å². The normalized spacial score (nSPS) is 15.8. The summed E-state index contributed by atoms with van der Waals surface area (Å²) < 4.78 is 40.3. The second-order valence-electron chi connectivity index (χ2n) is 4.62. The van der Waals surface area contributed by atoms with E-state index in [1.54, 1.807) is 12.1 Å². The average Bonchev–Trinajstić information content (AvgIpc) is 3.10. The second-order valence-corrected chi connectivity index (χ2v) is 4.62. The summed E-state index contributed by atoms with van der Waals surface area (Å²) in [6.07, 6.45) is -2.50. The Bertz CT molecular complexity index is 419. The fraction of sp³-hybridized carbons (Fsp3) is 0.538. The summed E-state index contributed by atoms with van der Waals surface area (Å²) >= 11 is 0. The van der Waals surface area contributed by atoms with E-state index in [0.29, 0.717) is 19.1 Å². The molecule has 1 aliphatic carbocycles. The van der Waals surface area contributed by atoms with Crippen molar-refractivity contribution < 1.29 is 23.0 Å². The fourth-order valence-electron chi connectivity index (χ4n) is 2.03. The van der Waals surface area contributed by atoms with Gasteiger partial charge in [-0.25, -0.2) is 0 Å². The van der Waals surface area contributed by atoms with E-state index in [1.807, 2.05) is 0 Å². The van der Waals surface area contributed by atoms with Crippen LogP contribution in [0.2, 0.25) is 0 Å². The van der Waals surface area contributed by atoms with Gasteiger partial charge in [-0.2, -0.15) is 0 Å². The maximum atomic E-state index is 12.1. The lowest BCUT2D eigenvalue weighted by molar-refractivity contribution is -0.274. The van der Waals surface area contributed by atoms with E-state index in [-0.39, 0.29) is 12.4 Å². The van der Waals surface area contributed by atoms with Gasteiger partial charge in [0.15, 0.2) is 0 Å². The molecular weight excluding hydrogens is 259 g/mol. The molecule has 1 aliphatic rings. The largest absolute Gasteiger partial charge is 0.573 e. The molecule has 1 saturated carbocycles. The number of hydrogen-bond donors (Lipinski definition) is 1. The summed E-state index contributed by atoms with van der Waals surface area (Å²) in [5.74, 6) is -0.204. The molecule has 0 radical (unpaired) electrons. The molecule has 106 valence electrons. The van der Waals surface area contributed by atoms with Crippen molar-refractivity contribution in [2.75, 3.05) is 13.2 Å². The van der Waals surface area contributed by atoms with Crippen molar-refractivity contribution in [2.45, 2.75) is 31.8 Å². The molecule has 0 spiro atoms. The second kappa shape index (κ2) is 5.79. The van der Waals surface area contributed by atoms with Gasteiger partial charge in [0.25, 0.3) is 0 Å². The standard InChI is InChI=1S/C13H16F3NO2/c14-13(15,16)19-12-3-1-2-10(8-12)9-17(6-7-18)11-4-5-11/h1-3,8,11,18H,4-7,9H2. The van der Waals surface area contributed by atoms with Gasteiger partial charge in [-0.1, -0.05) is 12.1 Å². The SMILES string of the molecule is OCCN(Cc1cccc(OC(F)(F)F)c1)C1CC1. The van der Waals surface area contributed by atoms with Crippen molar-refractivity contribution >= 4 is 0 Å². The van der Waals surface area contributed by atoms with E-state index in [0.717, 1.165) is 18.4 Å². The molecule has 0 bridgehead atoms. The Balaban J connectivity index is 2.01. The predicted molar refractivity (Wildman–Crippen MR) is 63.6 cm³/mol. The Morgan fingerprint density at radius 1 is 1.32 bits per heavy atom. The number of hydrogen-bond acceptors (Lipinski definition) is 3. The number of nitrogens with zero attached hydrogens (tertiary/aromatic N) is 1. The molecule has 1 aromatic carbocycles. The van der Waals surface area contributed by atoms with Gasteiger partial charge < -0.3 is 9.84 Å².